The molecule has 0 aromatic carbocycles. The molecule has 1 aromatic heterocycles. The van der Waals surface area contributed by atoms with Crippen molar-refractivity contribution < 1.29 is 24.2 Å². The molecule has 7 heteroatoms. The summed E-state index contributed by atoms with van der Waals surface area (Å²) in [5.74, 6) is -0.522. The number of methoxy groups -OCH3 is 1. The van der Waals surface area contributed by atoms with Crippen molar-refractivity contribution >= 4 is 11.9 Å². The number of ether oxygens (including phenoxy) is 2. The summed E-state index contributed by atoms with van der Waals surface area (Å²) < 4.78 is 10.4. The minimum atomic E-state index is -0.520. The van der Waals surface area contributed by atoms with Gasteiger partial charge >= 0.3 is 5.97 Å². The van der Waals surface area contributed by atoms with Gasteiger partial charge in [-0.2, -0.15) is 0 Å². The molecule has 1 saturated carbocycles. The maximum atomic E-state index is 12.8. The van der Waals surface area contributed by atoms with Gasteiger partial charge in [0.25, 0.3) is 5.91 Å². The lowest BCUT2D eigenvalue weighted by atomic mass is 10.1. The molecule has 3 rings (SSSR count). The molecule has 7 nitrogen and oxygen atoms in total. The highest BCUT2D eigenvalue weighted by Crippen LogP contribution is 2.34. The maximum Gasteiger partial charge on any atom is 0.339 e. The summed E-state index contributed by atoms with van der Waals surface area (Å²) >= 11 is 0. The van der Waals surface area contributed by atoms with Gasteiger partial charge in [-0.25, -0.2) is 4.79 Å². The molecule has 1 saturated heterocycles. The van der Waals surface area contributed by atoms with E-state index in [-0.39, 0.29) is 36.1 Å². The van der Waals surface area contributed by atoms with E-state index in [2.05, 4.69) is 9.72 Å². The average molecular weight is 320 g/mol. The number of aliphatic hydroxyl groups is 1. The summed E-state index contributed by atoms with van der Waals surface area (Å²) in [6, 6.07) is 1.47. The van der Waals surface area contributed by atoms with Gasteiger partial charge in [0.1, 0.15) is 0 Å². The normalized spacial score (nSPS) is 26.7. The Morgan fingerprint density at radius 1 is 1.39 bits per heavy atom. The van der Waals surface area contributed by atoms with E-state index in [0.29, 0.717) is 18.7 Å². The van der Waals surface area contributed by atoms with Gasteiger partial charge in [-0.05, 0) is 24.8 Å². The number of pyridine rings is 1. The highest BCUT2D eigenvalue weighted by atomic mass is 16.5. The number of nitrogens with zero attached hydrogens (tertiary/aromatic N) is 2. The third-order valence-corrected chi connectivity index (χ3v) is 4.56. The minimum Gasteiger partial charge on any atom is -0.465 e. The molecule has 0 spiro atoms. The molecule has 1 amide bonds. The van der Waals surface area contributed by atoms with Gasteiger partial charge in [-0.15, -0.1) is 0 Å². The topological polar surface area (TPSA) is 89.0 Å². The van der Waals surface area contributed by atoms with Crippen molar-refractivity contribution in [3.63, 3.8) is 0 Å². The molecular weight excluding hydrogens is 300 g/mol. The van der Waals surface area contributed by atoms with Crippen molar-refractivity contribution in [2.24, 2.45) is 5.92 Å². The molecule has 0 bridgehead atoms. The van der Waals surface area contributed by atoms with Crippen LogP contribution in [0, 0.1) is 5.92 Å². The first kappa shape index (κ1) is 15.9. The Hall–Kier alpha value is -1.99. The van der Waals surface area contributed by atoms with Crippen LogP contribution in [0.3, 0.4) is 0 Å². The lowest BCUT2D eigenvalue weighted by molar-refractivity contribution is -0.0449. The third kappa shape index (κ3) is 3.07. The second-order valence-corrected chi connectivity index (χ2v) is 5.95. The van der Waals surface area contributed by atoms with Crippen LogP contribution in [0.2, 0.25) is 0 Å². The van der Waals surface area contributed by atoms with Crippen LogP contribution in [0.5, 0.6) is 0 Å². The van der Waals surface area contributed by atoms with E-state index in [4.69, 9.17) is 4.74 Å². The summed E-state index contributed by atoms with van der Waals surface area (Å²) in [5, 5.41) is 9.36. The Balaban J connectivity index is 1.81. The van der Waals surface area contributed by atoms with Crippen molar-refractivity contribution in [2.75, 3.05) is 26.9 Å². The van der Waals surface area contributed by atoms with Crippen LogP contribution in [-0.2, 0) is 9.47 Å². The molecule has 2 fully saturated rings. The smallest absolute Gasteiger partial charge is 0.339 e. The first-order chi connectivity index (χ1) is 11.1. The second-order valence-electron chi connectivity index (χ2n) is 5.95. The highest BCUT2D eigenvalue weighted by Gasteiger charge is 2.42. The molecule has 1 N–H and O–H groups in total. The molecule has 0 radical (unpaired) electrons. The molecule has 3 atom stereocenters. The van der Waals surface area contributed by atoms with Crippen LogP contribution < -0.4 is 0 Å². The number of amides is 1. The third-order valence-electron chi connectivity index (χ3n) is 4.56. The zero-order valence-electron chi connectivity index (χ0n) is 13.0. The summed E-state index contributed by atoms with van der Waals surface area (Å²) in [4.78, 5) is 30.2. The van der Waals surface area contributed by atoms with Gasteiger partial charge in [0.05, 0.1) is 37.0 Å². The van der Waals surface area contributed by atoms with E-state index in [1.54, 1.807) is 4.90 Å². The van der Waals surface area contributed by atoms with Gasteiger partial charge in [-0.1, -0.05) is 0 Å². The van der Waals surface area contributed by atoms with E-state index in [1.807, 2.05) is 0 Å². The van der Waals surface area contributed by atoms with E-state index in [9.17, 15) is 14.7 Å². The van der Waals surface area contributed by atoms with E-state index < -0.39 is 5.97 Å². The lowest BCUT2D eigenvalue weighted by Crippen LogP contribution is -2.51. The number of aliphatic hydroxyl groups excluding tert-OH is 1. The maximum absolute atomic E-state index is 12.8. The Morgan fingerprint density at radius 3 is 2.91 bits per heavy atom. The predicted octanol–water partition coefficient (Wildman–Crippen LogP) is 0.480. The number of morpholine rings is 1. The molecule has 1 aliphatic carbocycles. The van der Waals surface area contributed by atoms with Gasteiger partial charge in [0.2, 0.25) is 0 Å². The first-order valence-electron chi connectivity index (χ1n) is 7.70. The number of rotatable bonds is 3. The van der Waals surface area contributed by atoms with Crippen molar-refractivity contribution in [3.8, 4) is 0 Å². The number of carbonyl (C=O) groups is 2. The number of hydrogen-bond acceptors (Lipinski definition) is 6. The average Bonchev–Trinajstić information content (AvgIpc) is 3.03. The van der Waals surface area contributed by atoms with Crippen LogP contribution in [0.4, 0.5) is 0 Å². The predicted molar refractivity (Wildman–Crippen MR) is 80.0 cm³/mol. The monoisotopic (exact) mass is 320 g/mol. The van der Waals surface area contributed by atoms with Gasteiger partial charge < -0.3 is 19.5 Å². The van der Waals surface area contributed by atoms with Crippen LogP contribution in [0.25, 0.3) is 0 Å². The summed E-state index contributed by atoms with van der Waals surface area (Å²) in [6.45, 7) is 1.09. The molecule has 1 aromatic rings. The standard InChI is InChI=1S/C16H20N2O5/c1-22-16(21)12-6-11(7-17-8-12)15(20)18-2-3-23-14-5-10(9-19)4-13(14)18/h6-8,10,13-14,19H,2-5,9H2,1H3/t10-,13+,14?/m1/s1. The number of esters is 1. The zero-order valence-corrected chi connectivity index (χ0v) is 13.0. The quantitative estimate of drug-likeness (QED) is 0.815. The van der Waals surface area contributed by atoms with Gasteiger partial charge in [0.15, 0.2) is 0 Å². The Labute approximate surface area is 134 Å². The lowest BCUT2D eigenvalue weighted by Gasteiger charge is -2.37. The molecule has 124 valence electrons. The largest absolute Gasteiger partial charge is 0.465 e. The van der Waals surface area contributed by atoms with Crippen LogP contribution in [-0.4, -0.2) is 65.9 Å². The number of carbonyl (C=O) groups excluding carboxylic acids is 2. The fourth-order valence-corrected chi connectivity index (χ4v) is 3.40. The number of hydrogen-bond donors (Lipinski definition) is 1. The van der Waals surface area contributed by atoms with Gasteiger partial charge in [0, 0.05) is 25.5 Å². The second kappa shape index (κ2) is 6.64. The van der Waals surface area contributed by atoms with E-state index in [0.717, 1.165) is 12.8 Å². The van der Waals surface area contributed by atoms with Crippen molar-refractivity contribution in [1.29, 1.82) is 0 Å². The minimum absolute atomic E-state index is 0.0263. The fourth-order valence-electron chi connectivity index (χ4n) is 3.40. The fraction of sp³-hybridized carbons (Fsp3) is 0.562. The molecule has 1 aliphatic heterocycles. The Morgan fingerprint density at radius 2 is 2.17 bits per heavy atom. The number of fused-ring (bicyclic) bond motifs is 1. The molecular formula is C16H20N2O5. The molecule has 23 heavy (non-hydrogen) atoms. The summed E-state index contributed by atoms with van der Waals surface area (Å²) in [6.07, 6.45) is 4.31. The first-order valence-corrected chi connectivity index (χ1v) is 7.70. The van der Waals surface area contributed by atoms with Crippen LogP contribution in [0.15, 0.2) is 18.5 Å². The van der Waals surface area contributed by atoms with Crippen LogP contribution in [0.1, 0.15) is 33.6 Å². The van der Waals surface area contributed by atoms with Gasteiger partial charge in [-0.3, -0.25) is 9.78 Å². The van der Waals surface area contributed by atoms with E-state index >= 15 is 0 Å². The van der Waals surface area contributed by atoms with Crippen LogP contribution >= 0.6 is 0 Å². The molecule has 2 aliphatic rings. The zero-order chi connectivity index (χ0) is 16.4. The number of aromatic nitrogens is 1. The molecule has 1 unspecified atom stereocenters. The van der Waals surface area contributed by atoms with Crippen molar-refractivity contribution in [2.45, 2.75) is 25.0 Å². The van der Waals surface area contributed by atoms with E-state index in [1.165, 1.54) is 25.6 Å². The van der Waals surface area contributed by atoms with Crippen molar-refractivity contribution in [1.82, 2.24) is 9.88 Å². The highest BCUT2D eigenvalue weighted by molar-refractivity contribution is 5.97. The molecule has 2 heterocycles. The Bertz CT molecular complexity index is 606. The SMILES string of the molecule is COC(=O)c1cncc(C(=O)N2CCOC3C[C@H](CO)C[C@@H]32)c1. The summed E-state index contributed by atoms with van der Waals surface area (Å²) in [7, 11) is 1.29. The summed E-state index contributed by atoms with van der Waals surface area (Å²) in [5.41, 5.74) is 0.615. The Kier molecular flexibility index (Phi) is 4.58. The van der Waals surface area contributed by atoms with Crippen molar-refractivity contribution in [3.05, 3.63) is 29.6 Å².